The van der Waals surface area contributed by atoms with Crippen LogP contribution in [-0.2, 0) is 11.3 Å². The maximum Gasteiger partial charge on any atom is 0.332 e. The summed E-state index contributed by atoms with van der Waals surface area (Å²) in [5.74, 6) is -0.187. The zero-order valence-electron chi connectivity index (χ0n) is 13.0. The number of aryl methyl sites for hydroxylation is 1. The van der Waals surface area contributed by atoms with Gasteiger partial charge in [-0.1, -0.05) is 35.9 Å². The van der Waals surface area contributed by atoms with Gasteiger partial charge in [0.2, 0.25) is 0 Å². The summed E-state index contributed by atoms with van der Waals surface area (Å²) in [4.78, 5) is 28.1. The first-order valence-corrected chi connectivity index (χ1v) is 7.81. The molecule has 1 heterocycles. The van der Waals surface area contributed by atoms with E-state index in [1.54, 1.807) is 31.2 Å². The van der Waals surface area contributed by atoms with Gasteiger partial charge in [0.1, 0.15) is 6.04 Å². The number of halogens is 1. The standard InChI is InChI=1S/C18H17ClN2O2/c1-12-5-3-4-6-14(12)11-20-17(22)13(2)21(18(20)23)16-9-7-15(19)8-10-16/h3-10,13H,11H2,1-2H3. The van der Waals surface area contributed by atoms with E-state index >= 15 is 0 Å². The van der Waals surface area contributed by atoms with Gasteiger partial charge in [0.05, 0.1) is 6.54 Å². The summed E-state index contributed by atoms with van der Waals surface area (Å²) in [6.45, 7) is 4.01. The molecule has 1 unspecified atom stereocenters. The van der Waals surface area contributed by atoms with Crippen LogP contribution >= 0.6 is 11.6 Å². The second kappa shape index (κ2) is 6.05. The van der Waals surface area contributed by atoms with Crippen molar-refractivity contribution in [1.82, 2.24) is 4.90 Å². The molecule has 23 heavy (non-hydrogen) atoms. The number of benzene rings is 2. The van der Waals surface area contributed by atoms with Crippen molar-refractivity contribution in [2.45, 2.75) is 26.4 Å². The maximum absolute atomic E-state index is 12.7. The molecule has 0 bridgehead atoms. The van der Waals surface area contributed by atoms with Crippen molar-refractivity contribution in [3.8, 4) is 0 Å². The summed E-state index contributed by atoms with van der Waals surface area (Å²) in [6.07, 6.45) is 0. The molecule has 118 valence electrons. The number of carbonyl (C=O) groups excluding carboxylic acids is 2. The lowest BCUT2D eigenvalue weighted by Crippen LogP contribution is -2.33. The van der Waals surface area contributed by atoms with E-state index in [1.165, 1.54) is 9.80 Å². The van der Waals surface area contributed by atoms with Crippen LogP contribution in [0.1, 0.15) is 18.1 Å². The van der Waals surface area contributed by atoms with Crippen molar-refractivity contribution in [2.24, 2.45) is 0 Å². The monoisotopic (exact) mass is 328 g/mol. The lowest BCUT2D eigenvalue weighted by atomic mass is 10.1. The van der Waals surface area contributed by atoms with Crippen LogP contribution in [0.2, 0.25) is 5.02 Å². The van der Waals surface area contributed by atoms with Crippen LogP contribution in [0.3, 0.4) is 0 Å². The number of hydrogen-bond acceptors (Lipinski definition) is 2. The molecule has 0 N–H and O–H groups in total. The van der Waals surface area contributed by atoms with Gasteiger partial charge in [0.25, 0.3) is 5.91 Å². The van der Waals surface area contributed by atoms with Crippen LogP contribution in [0.5, 0.6) is 0 Å². The Morgan fingerprint density at radius 1 is 1.04 bits per heavy atom. The number of imide groups is 1. The molecule has 1 aliphatic heterocycles. The Kier molecular flexibility index (Phi) is 4.09. The van der Waals surface area contributed by atoms with Gasteiger partial charge in [-0.05, 0) is 49.2 Å². The van der Waals surface area contributed by atoms with E-state index < -0.39 is 6.04 Å². The highest BCUT2D eigenvalue weighted by atomic mass is 35.5. The molecule has 5 heteroatoms. The summed E-state index contributed by atoms with van der Waals surface area (Å²) in [7, 11) is 0. The van der Waals surface area contributed by atoms with Gasteiger partial charge in [-0.15, -0.1) is 0 Å². The van der Waals surface area contributed by atoms with E-state index in [0.29, 0.717) is 17.3 Å². The SMILES string of the molecule is Cc1ccccc1CN1C(=O)C(C)N(c2ccc(Cl)cc2)C1=O. The highest BCUT2D eigenvalue weighted by Gasteiger charge is 2.43. The first-order chi connectivity index (χ1) is 11.0. The quantitative estimate of drug-likeness (QED) is 0.799. The van der Waals surface area contributed by atoms with Crippen molar-refractivity contribution in [1.29, 1.82) is 0 Å². The van der Waals surface area contributed by atoms with Gasteiger partial charge in [-0.2, -0.15) is 0 Å². The van der Waals surface area contributed by atoms with Gasteiger partial charge in [0.15, 0.2) is 0 Å². The van der Waals surface area contributed by atoms with E-state index in [-0.39, 0.29) is 11.9 Å². The third kappa shape index (κ3) is 2.82. The Labute approximate surface area is 140 Å². The fraction of sp³-hybridized carbons (Fsp3) is 0.222. The summed E-state index contributed by atoms with van der Waals surface area (Å²) >= 11 is 5.89. The number of carbonyl (C=O) groups is 2. The van der Waals surface area contributed by atoms with Crippen molar-refractivity contribution >= 4 is 29.2 Å². The zero-order valence-corrected chi connectivity index (χ0v) is 13.7. The van der Waals surface area contributed by atoms with E-state index in [4.69, 9.17) is 11.6 Å². The molecule has 2 aromatic rings. The molecular weight excluding hydrogens is 312 g/mol. The highest BCUT2D eigenvalue weighted by molar-refractivity contribution is 6.30. The van der Waals surface area contributed by atoms with Gasteiger partial charge in [0, 0.05) is 10.7 Å². The third-order valence-corrected chi connectivity index (χ3v) is 4.39. The summed E-state index contributed by atoms with van der Waals surface area (Å²) < 4.78 is 0. The molecule has 0 radical (unpaired) electrons. The first-order valence-electron chi connectivity index (χ1n) is 7.43. The molecule has 0 aromatic heterocycles. The molecule has 0 aliphatic carbocycles. The lowest BCUT2D eigenvalue weighted by Gasteiger charge is -2.19. The van der Waals surface area contributed by atoms with E-state index in [0.717, 1.165) is 11.1 Å². The largest absolute Gasteiger partial charge is 0.332 e. The minimum Gasteiger partial charge on any atom is -0.282 e. The average molecular weight is 329 g/mol. The topological polar surface area (TPSA) is 40.6 Å². The number of anilines is 1. The van der Waals surface area contributed by atoms with Gasteiger partial charge < -0.3 is 0 Å². The van der Waals surface area contributed by atoms with Crippen LogP contribution < -0.4 is 4.90 Å². The molecule has 1 fully saturated rings. The van der Waals surface area contributed by atoms with Crippen molar-refractivity contribution < 1.29 is 9.59 Å². The van der Waals surface area contributed by atoms with Gasteiger partial charge >= 0.3 is 6.03 Å². The lowest BCUT2D eigenvalue weighted by molar-refractivity contribution is -0.127. The molecule has 1 saturated heterocycles. The Morgan fingerprint density at radius 3 is 2.35 bits per heavy atom. The van der Waals surface area contributed by atoms with Crippen LogP contribution in [0, 0.1) is 6.92 Å². The fourth-order valence-electron chi connectivity index (χ4n) is 2.77. The minimum atomic E-state index is -0.521. The summed E-state index contributed by atoms with van der Waals surface area (Å²) in [5, 5.41) is 0.594. The number of hydrogen-bond donors (Lipinski definition) is 0. The molecule has 0 spiro atoms. The van der Waals surface area contributed by atoms with E-state index in [1.807, 2.05) is 31.2 Å². The van der Waals surface area contributed by atoms with Crippen molar-refractivity contribution in [3.63, 3.8) is 0 Å². The molecule has 3 rings (SSSR count). The van der Waals surface area contributed by atoms with Crippen LogP contribution in [0.4, 0.5) is 10.5 Å². The Morgan fingerprint density at radius 2 is 1.70 bits per heavy atom. The molecular formula is C18H17ClN2O2. The zero-order chi connectivity index (χ0) is 16.6. The molecule has 0 saturated carbocycles. The average Bonchev–Trinajstić information content (AvgIpc) is 2.74. The molecule has 3 amide bonds. The van der Waals surface area contributed by atoms with Crippen molar-refractivity contribution in [3.05, 3.63) is 64.7 Å². The fourth-order valence-corrected chi connectivity index (χ4v) is 2.89. The van der Waals surface area contributed by atoms with Crippen LogP contribution in [0.25, 0.3) is 0 Å². The predicted octanol–water partition coefficient (Wildman–Crippen LogP) is 4.01. The van der Waals surface area contributed by atoms with Gasteiger partial charge in [-0.3, -0.25) is 14.6 Å². The Balaban J connectivity index is 1.89. The molecule has 1 aliphatic rings. The number of rotatable bonds is 3. The normalized spacial score (nSPS) is 18.0. The van der Waals surface area contributed by atoms with Gasteiger partial charge in [-0.25, -0.2) is 4.79 Å². The number of urea groups is 1. The molecule has 2 aromatic carbocycles. The second-order valence-electron chi connectivity index (χ2n) is 5.66. The smallest absolute Gasteiger partial charge is 0.282 e. The minimum absolute atomic E-state index is 0.187. The van der Waals surface area contributed by atoms with Crippen molar-refractivity contribution in [2.75, 3.05) is 4.90 Å². The summed E-state index contributed by atoms with van der Waals surface area (Å²) in [6, 6.07) is 13.9. The molecule has 1 atom stereocenters. The first kappa shape index (κ1) is 15.6. The Bertz CT molecular complexity index is 758. The maximum atomic E-state index is 12.7. The van der Waals surface area contributed by atoms with Crippen LogP contribution in [-0.4, -0.2) is 22.9 Å². The van der Waals surface area contributed by atoms with E-state index in [2.05, 4.69) is 0 Å². The number of nitrogens with zero attached hydrogens (tertiary/aromatic N) is 2. The second-order valence-corrected chi connectivity index (χ2v) is 6.09. The van der Waals surface area contributed by atoms with E-state index in [9.17, 15) is 9.59 Å². The highest BCUT2D eigenvalue weighted by Crippen LogP contribution is 2.28. The Hall–Kier alpha value is -2.33. The predicted molar refractivity (Wildman–Crippen MR) is 90.5 cm³/mol. The van der Waals surface area contributed by atoms with Crippen LogP contribution in [0.15, 0.2) is 48.5 Å². The molecule has 4 nitrogen and oxygen atoms in total. The third-order valence-electron chi connectivity index (χ3n) is 4.14. The summed E-state index contributed by atoms with van der Waals surface area (Å²) in [5.41, 5.74) is 2.71. The number of amides is 3.